The van der Waals surface area contributed by atoms with Crippen LogP contribution in [-0.2, 0) is 33.3 Å². The molecule has 73 heavy (non-hydrogen) atoms. The SMILES string of the molecule is CC/C=C\C/C=C\C/C=C\C/C=C\C/C=C\CCCCCC(=O)OC(COC(=O)CCCCCCCCCCCCCCCCCC/C=C\C/C=C\C/C=C\C/C=C\CC)COC(OCC[N+](C)(C)C)C(=O)O. The van der Waals surface area contributed by atoms with Gasteiger partial charge < -0.3 is 28.5 Å². The molecule has 0 heterocycles. The molecule has 0 rings (SSSR count). The molecule has 0 aromatic carbocycles. The number of quaternary nitrogens is 1. The summed E-state index contributed by atoms with van der Waals surface area (Å²) in [6, 6.07) is 0. The fourth-order valence-electron chi connectivity index (χ4n) is 7.62. The third-order valence-electron chi connectivity index (χ3n) is 12.0. The van der Waals surface area contributed by atoms with Gasteiger partial charge in [-0.25, -0.2) is 4.79 Å². The lowest BCUT2D eigenvalue weighted by Gasteiger charge is -2.25. The van der Waals surface area contributed by atoms with Crippen molar-refractivity contribution in [2.24, 2.45) is 0 Å². The maximum absolute atomic E-state index is 12.8. The maximum Gasteiger partial charge on any atom is 0.361 e. The molecule has 1 N–H and O–H groups in total. The van der Waals surface area contributed by atoms with Gasteiger partial charge in [0.2, 0.25) is 0 Å². The molecular formula is C64H108NO8+. The van der Waals surface area contributed by atoms with Gasteiger partial charge in [-0.15, -0.1) is 0 Å². The third kappa shape index (κ3) is 55.5. The van der Waals surface area contributed by atoms with Gasteiger partial charge in [-0.1, -0.05) is 220 Å². The first-order chi connectivity index (χ1) is 35.6. The molecule has 0 saturated heterocycles. The van der Waals surface area contributed by atoms with Crippen LogP contribution in [-0.4, -0.2) is 87.4 Å². The molecule has 0 aromatic rings. The number of allylic oxidation sites excluding steroid dienone is 18. The van der Waals surface area contributed by atoms with E-state index in [0.29, 0.717) is 17.4 Å². The lowest BCUT2D eigenvalue weighted by molar-refractivity contribution is -0.870. The van der Waals surface area contributed by atoms with Crippen molar-refractivity contribution in [1.82, 2.24) is 0 Å². The van der Waals surface area contributed by atoms with Crippen molar-refractivity contribution in [3.05, 3.63) is 109 Å². The second kappa shape index (κ2) is 54.2. The number of hydrogen-bond acceptors (Lipinski definition) is 7. The number of aliphatic carboxylic acids is 1. The normalized spacial score (nSPS) is 13.6. The molecule has 0 aliphatic rings. The van der Waals surface area contributed by atoms with Crippen molar-refractivity contribution in [2.75, 3.05) is 47.5 Å². The highest BCUT2D eigenvalue weighted by Crippen LogP contribution is 2.16. The Morgan fingerprint density at radius 1 is 0.411 bits per heavy atom. The van der Waals surface area contributed by atoms with Crippen LogP contribution in [0.1, 0.15) is 219 Å². The summed E-state index contributed by atoms with van der Waals surface area (Å²) in [6.07, 6.45) is 71.7. The average Bonchev–Trinajstić information content (AvgIpc) is 3.36. The van der Waals surface area contributed by atoms with Gasteiger partial charge in [-0.05, 0) is 96.3 Å². The summed E-state index contributed by atoms with van der Waals surface area (Å²) in [5.41, 5.74) is 0. The molecule has 2 atom stereocenters. The number of carbonyl (C=O) groups is 3. The summed E-state index contributed by atoms with van der Waals surface area (Å²) >= 11 is 0. The molecule has 2 unspecified atom stereocenters. The Balaban J connectivity index is 4.24. The predicted octanol–water partition coefficient (Wildman–Crippen LogP) is 17.1. The number of ether oxygens (including phenoxy) is 4. The lowest BCUT2D eigenvalue weighted by Crippen LogP contribution is -2.40. The van der Waals surface area contributed by atoms with E-state index in [1.54, 1.807) is 0 Å². The van der Waals surface area contributed by atoms with Crippen LogP contribution in [0, 0.1) is 0 Å². The van der Waals surface area contributed by atoms with Crippen LogP contribution in [0.2, 0.25) is 0 Å². The molecule has 0 saturated carbocycles. The van der Waals surface area contributed by atoms with Crippen molar-refractivity contribution >= 4 is 17.9 Å². The molecule has 0 aliphatic heterocycles. The first-order valence-corrected chi connectivity index (χ1v) is 29.1. The second-order valence-electron chi connectivity index (χ2n) is 20.2. The molecule has 0 spiro atoms. The van der Waals surface area contributed by atoms with Gasteiger partial charge in [-0.3, -0.25) is 9.59 Å². The van der Waals surface area contributed by atoms with E-state index in [9.17, 15) is 19.5 Å². The number of rotatable bonds is 52. The fourth-order valence-corrected chi connectivity index (χ4v) is 7.62. The predicted molar refractivity (Wildman–Crippen MR) is 308 cm³/mol. The minimum atomic E-state index is -1.53. The van der Waals surface area contributed by atoms with E-state index in [0.717, 1.165) is 96.3 Å². The Morgan fingerprint density at radius 2 is 0.740 bits per heavy atom. The minimum absolute atomic E-state index is 0.176. The smallest absolute Gasteiger partial charge is 0.361 e. The Kier molecular flexibility index (Phi) is 51.2. The summed E-state index contributed by atoms with van der Waals surface area (Å²) in [6.45, 7) is 4.61. The fraction of sp³-hybridized carbons (Fsp3) is 0.672. The summed E-state index contributed by atoms with van der Waals surface area (Å²) in [4.78, 5) is 37.4. The summed E-state index contributed by atoms with van der Waals surface area (Å²) in [5, 5.41) is 9.70. The first kappa shape index (κ1) is 69.0. The Labute approximate surface area is 447 Å². The molecular weight excluding hydrogens is 911 g/mol. The monoisotopic (exact) mass is 1020 g/mol. The van der Waals surface area contributed by atoms with Gasteiger partial charge >= 0.3 is 17.9 Å². The lowest BCUT2D eigenvalue weighted by atomic mass is 10.0. The van der Waals surface area contributed by atoms with Crippen LogP contribution in [0.15, 0.2) is 109 Å². The second-order valence-corrected chi connectivity index (χ2v) is 20.2. The number of carboxylic acid groups (broad SMARTS) is 1. The topological polar surface area (TPSA) is 108 Å². The highest BCUT2D eigenvalue weighted by molar-refractivity contribution is 5.71. The molecule has 9 nitrogen and oxygen atoms in total. The molecule has 9 heteroatoms. The van der Waals surface area contributed by atoms with Crippen LogP contribution >= 0.6 is 0 Å². The summed E-state index contributed by atoms with van der Waals surface area (Å²) in [5.74, 6) is -2.06. The van der Waals surface area contributed by atoms with Gasteiger partial charge in [0.05, 0.1) is 34.4 Å². The van der Waals surface area contributed by atoms with Crippen molar-refractivity contribution < 1.29 is 42.9 Å². The molecule has 0 bridgehead atoms. The van der Waals surface area contributed by atoms with Crippen molar-refractivity contribution in [2.45, 2.75) is 232 Å². The van der Waals surface area contributed by atoms with Crippen molar-refractivity contribution in [3.8, 4) is 0 Å². The molecule has 416 valence electrons. The zero-order chi connectivity index (χ0) is 53.4. The van der Waals surface area contributed by atoms with Crippen LogP contribution in [0.4, 0.5) is 0 Å². The van der Waals surface area contributed by atoms with E-state index in [-0.39, 0.29) is 38.6 Å². The third-order valence-corrected chi connectivity index (χ3v) is 12.0. The number of likely N-dealkylation sites (N-methyl/N-ethyl adjacent to an activating group) is 1. The number of carbonyl (C=O) groups excluding carboxylic acids is 2. The van der Waals surface area contributed by atoms with E-state index >= 15 is 0 Å². The van der Waals surface area contributed by atoms with Crippen LogP contribution in [0.25, 0.3) is 0 Å². The van der Waals surface area contributed by atoms with Gasteiger partial charge in [0.1, 0.15) is 13.2 Å². The van der Waals surface area contributed by atoms with Crippen LogP contribution < -0.4 is 0 Å². The largest absolute Gasteiger partial charge is 0.477 e. The average molecular weight is 1020 g/mol. The quantitative estimate of drug-likeness (QED) is 0.0211. The Morgan fingerprint density at radius 3 is 1.11 bits per heavy atom. The van der Waals surface area contributed by atoms with E-state index in [4.69, 9.17) is 18.9 Å². The molecule has 0 amide bonds. The zero-order valence-corrected chi connectivity index (χ0v) is 47.3. The van der Waals surface area contributed by atoms with Crippen molar-refractivity contribution in [3.63, 3.8) is 0 Å². The number of esters is 2. The number of nitrogens with zero attached hydrogens (tertiary/aromatic N) is 1. The number of hydrogen-bond donors (Lipinski definition) is 1. The Bertz CT molecular complexity index is 1560. The van der Waals surface area contributed by atoms with E-state index in [1.165, 1.54) is 89.9 Å². The van der Waals surface area contributed by atoms with Crippen LogP contribution in [0.3, 0.4) is 0 Å². The summed E-state index contributed by atoms with van der Waals surface area (Å²) in [7, 11) is 5.95. The maximum atomic E-state index is 12.8. The molecule has 0 aliphatic carbocycles. The standard InChI is InChI=1S/C64H107NO8/c1-6-8-10-12-14-16-18-20-22-24-26-27-28-29-30-31-32-33-34-35-37-38-40-42-44-46-48-50-52-54-61(66)71-58-60(59-72-64(63(68)69)70-57-56-65(3,4)5)73-62(67)55-53-51-49-47-45-43-41-39-36-25-23-21-19-17-15-13-11-9-7-2/h8-11,14-17,20-23,26-27,36,39,43,45,60,64H,6-7,12-13,18-19,24-25,28-35,37-38,40-42,44,46-59H2,1-5H3/p+1/b10-8-,11-9-,16-14-,17-15-,22-20-,23-21-,27-26-,39-36-,45-43-. The highest BCUT2D eigenvalue weighted by Gasteiger charge is 2.25. The van der Waals surface area contributed by atoms with E-state index in [1.807, 2.05) is 21.1 Å². The van der Waals surface area contributed by atoms with Gasteiger partial charge in [0.15, 0.2) is 6.10 Å². The first-order valence-electron chi connectivity index (χ1n) is 29.1. The highest BCUT2D eigenvalue weighted by atomic mass is 16.7. The number of carboxylic acids is 1. The van der Waals surface area contributed by atoms with Gasteiger partial charge in [0.25, 0.3) is 6.29 Å². The van der Waals surface area contributed by atoms with Crippen LogP contribution in [0.5, 0.6) is 0 Å². The summed E-state index contributed by atoms with van der Waals surface area (Å²) < 4.78 is 22.8. The van der Waals surface area contributed by atoms with E-state index < -0.39 is 24.3 Å². The van der Waals surface area contributed by atoms with Gasteiger partial charge in [-0.2, -0.15) is 0 Å². The molecule has 0 fully saturated rings. The number of unbranched alkanes of at least 4 members (excludes halogenated alkanes) is 19. The van der Waals surface area contributed by atoms with Gasteiger partial charge in [0, 0.05) is 12.8 Å². The van der Waals surface area contributed by atoms with E-state index in [2.05, 4.69) is 123 Å². The Hall–Kier alpha value is -4.05. The van der Waals surface area contributed by atoms with Crippen molar-refractivity contribution in [1.29, 1.82) is 0 Å². The minimum Gasteiger partial charge on any atom is -0.477 e. The molecule has 0 radical (unpaired) electrons. The zero-order valence-electron chi connectivity index (χ0n) is 47.3. The molecule has 0 aromatic heterocycles.